The van der Waals surface area contributed by atoms with E-state index in [1.54, 1.807) is 4.90 Å². The van der Waals surface area contributed by atoms with Gasteiger partial charge in [0.05, 0.1) is 6.04 Å². The van der Waals surface area contributed by atoms with Crippen molar-refractivity contribution in [2.24, 2.45) is 23.2 Å². The van der Waals surface area contributed by atoms with Gasteiger partial charge in [-0.25, -0.2) is 9.59 Å². The van der Waals surface area contributed by atoms with Gasteiger partial charge in [-0.1, -0.05) is 53.9 Å². The molecule has 5 amide bonds. The van der Waals surface area contributed by atoms with E-state index < -0.39 is 47.1 Å². The van der Waals surface area contributed by atoms with Crippen molar-refractivity contribution in [2.75, 3.05) is 6.54 Å². The second-order valence-corrected chi connectivity index (χ2v) is 13.4. The van der Waals surface area contributed by atoms with Crippen LogP contribution in [0.1, 0.15) is 87.5 Å². The van der Waals surface area contributed by atoms with Crippen LogP contribution in [-0.2, 0) is 14.4 Å². The van der Waals surface area contributed by atoms with Crippen LogP contribution < -0.4 is 21.7 Å². The largest absolute Gasteiger partial charge is 0.378 e. The van der Waals surface area contributed by atoms with Crippen molar-refractivity contribution in [3.8, 4) is 0 Å². The lowest BCUT2D eigenvalue weighted by atomic mass is 9.79. The summed E-state index contributed by atoms with van der Waals surface area (Å²) in [5.74, 6) is -0.943. The van der Waals surface area contributed by atoms with Gasteiger partial charge in [0.15, 0.2) is 6.10 Å². The third kappa shape index (κ3) is 8.40. The molecule has 10 heteroatoms. The number of hydrogen-bond donors (Lipinski definition) is 5. The first-order chi connectivity index (χ1) is 16.9. The van der Waals surface area contributed by atoms with Crippen molar-refractivity contribution >= 4 is 23.8 Å². The minimum absolute atomic E-state index is 0.0927. The molecule has 0 aromatic carbocycles. The van der Waals surface area contributed by atoms with Gasteiger partial charge in [-0.15, -0.1) is 0 Å². The summed E-state index contributed by atoms with van der Waals surface area (Å²) in [6.45, 7) is 15.6. The molecule has 0 aromatic heterocycles. The second-order valence-electron chi connectivity index (χ2n) is 13.4. The Hall–Kier alpha value is -2.20. The van der Waals surface area contributed by atoms with E-state index >= 15 is 0 Å². The maximum absolute atomic E-state index is 13.9. The van der Waals surface area contributed by atoms with Crippen LogP contribution in [0.2, 0.25) is 0 Å². The van der Waals surface area contributed by atoms with Gasteiger partial charge in [0.2, 0.25) is 11.8 Å². The molecule has 0 aromatic rings. The Morgan fingerprint density at radius 3 is 2.03 bits per heavy atom. The van der Waals surface area contributed by atoms with Crippen molar-refractivity contribution in [1.29, 1.82) is 0 Å². The summed E-state index contributed by atoms with van der Waals surface area (Å²) >= 11 is 0. The lowest BCUT2D eigenvalue weighted by molar-refractivity contribution is -0.316. The van der Waals surface area contributed by atoms with Gasteiger partial charge < -0.3 is 26.0 Å². The maximum atomic E-state index is 13.9. The molecule has 0 radical (unpaired) electrons. The van der Waals surface area contributed by atoms with Crippen molar-refractivity contribution in [2.45, 2.75) is 117 Å². The molecule has 1 aliphatic carbocycles. The van der Waals surface area contributed by atoms with E-state index in [2.05, 4.69) is 21.7 Å². The molecule has 7 N–H and O–H groups in total. The molecule has 5 atom stereocenters. The van der Waals surface area contributed by atoms with Crippen molar-refractivity contribution in [3.63, 3.8) is 0 Å². The number of aliphatic hydroxyl groups excluding tert-OH is 1. The molecule has 1 aliphatic heterocycles. The zero-order chi connectivity index (χ0) is 28.3. The molecule has 10 nitrogen and oxygen atoms in total. The van der Waals surface area contributed by atoms with Crippen LogP contribution in [0.25, 0.3) is 0 Å². The molecule has 0 bridgehead atoms. The molecule has 212 valence electrons. The lowest BCUT2D eigenvalue weighted by Crippen LogP contribution is -2.67. The van der Waals surface area contributed by atoms with Gasteiger partial charge in [-0.3, -0.25) is 15.3 Å². The van der Waals surface area contributed by atoms with E-state index in [9.17, 15) is 24.3 Å². The molecular weight excluding hydrogens is 474 g/mol. The second kappa shape index (κ2) is 12.1. The number of amides is 5. The normalized spacial score (nSPS) is 23.2. The highest BCUT2D eigenvalue weighted by Gasteiger charge is 2.48. The summed E-state index contributed by atoms with van der Waals surface area (Å²) in [5.41, 5.74) is 2.27. The van der Waals surface area contributed by atoms with Gasteiger partial charge in [-0.05, 0) is 56.8 Å². The van der Waals surface area contributed by atoms with Gasteiger partial charge in [-0.2, -0.15) is 0 Å². The van der Waals surface area contributed by atoms with E-state index in [1.165, 1.54) is 0 Å². The van der Waals surface area contributed by atoms with Crippen LogP contribution >= 0.6 is 0 Å². The number of carbonyl (C=O) groups is 4. The van der Waals surface area contributed by atoms with Gasteiger partial charge in [0, 0.05) is 12.1 Å². The SMILES string of the molecule is CC(C)C1CCN(C(=O)C(NC(=O)NC(C)(C)C)C(C)(C)C)C1C(=O)NC(CC1CCC1)C(O)C([NH3+])=O. The van der Waals surface area contributed by atoms with Crippen LogP contribution in [0.5, 0.6) is 0 Å². The summed E-state index contributed by atoms with van der Waals surface area (Å²) in [4.78, 5) is 53.8. The van der Waals surface area contributed by atoms with Crippen molar-refractivity contribution < 1.29 is 30.0 Å². The molecule has 2 rings (SSSR count). The smallest absolute Gasteiger partial charge is 0.339 e. The standard InChI is InChI=1S/C27H49N5O5/c1-15(2)17-12-13-32(24(36)21(26(3,4)5)30-25(37)31-27(6,7)8)19(17)23(35)29-18(20(33)22(28)34)14-16-10-9-11-16/h15-21,33H,9-14H2,1-8H3,(H2,28,34)(H,29,35)(H2,30,31,37)/p+1. The number of nitrogens with one attached hydrogen (secondary N) is 3. The number of aliphatic hydroxyl groups is 1. The number of quaternary nitrogens is 1. The quantitative estimate of drug-likeness (QED) is 0.306. The highest BCUT2D eigenvalue weighted by Crippen LogP contribution is 2.34. The summed E-state index contributed by atoms with van der Waals surface area (Å²) in [6, 6.07) is -2.81. The van der Waals surface area contributed by atoms with Gasteiger partial charge in [0.25, 0.3) is 0 Å². The number of nitrogens with zero attached hydrogens (tertiary/aromatic N) is 1. The van der Waals surface area contributed by atoms with E-state index in [-0.39, 0.29) is 23.7 Å². The first-order valence-electron chi connectivity index (χ1n) is 13.7. The Morgan fingerprint density at radius 2 is 1.59 bits per heavy atom. The minimum atomic E-state index is -1.39. The first kappa shape index (κ1) is 31.0. The lowest BCUT2D eigenvalue weighted by Gasteiger charge is -2.38. The van der Waals surface area contributed by atoms with Gasteiger partial charge in [0.1, 0.15) is 12.1 Å². The molecule has 1 saturated carbocycles. The fourth-order valence-corrected chi connectivity index (χ4v) is 5.27. The van der Waals surface area contributed by atoms with Crippen molar-refractivity contribution in [3.05, 3.63) is 0 Å². The van der Waals surface area contributed by atoms with E-state index in [1.807, 2.05) is 55.4 Å². The van der Waals surface area contributed by atoms with Gasteiger partial charge >= 0.3 is 11.9 Å². The molecule has 2 aliphatic rings. The zero-order valence-electron chi connectivity index (χ0n) is 24.0. The Morgan fingerprint density at radius 1 is 1.00 bits per heavy atom. The Labute approximate surface area is 221 Å². The monoisotopic (exact) mass is 524 g/mol. The summed E-state index contributed by atoms with van der Waals surface area (Å²) in [5, 5.41) is 19.1. The molecular formula is C27H50N5O5+. The number of rotatable bonds is 9. The van der Waals surface area contributed by atoms with Crippen LogP contribution in [0.4, 0.5) is 4.79 Å². The minimum Gasteiger partial charge on any atom is -0.378 e. The zero-order valence-corrected chi connectivity index (χ0v) is 24.0. The predicted octanol–water partition coefficient (Wildman–Crippen LogP) is 1.18. The first-order valence-corrected chi connectivity index (χ1v) is 13.7. The van der Waals surface area contributed by atoms with E-state index in [4.69, 9.17) is 0 Å². The number of likely N-dealkylation sites (tertiary alicyclic amines) is 1. The summed E-state index contributed by atoms with van der Waals surface area (Å²) < 4.78 is 0. The predicted molar refractivity (Wildman–Crippen MR) is 141 cm³/mol. The van der Waals surface area contributed by atoms with Crippen molar-refractivity contribution in [1.82, 2.24) is 20.9 Å². The molecule has 5 unspecified atom stereocenters. The maximum Gasteiger partial charge on any atom is 0.339 e. The molecule has 2 fully saturated rings. The van der Waals surface area contributed by atoms with Crippen LogP contribution in [0.15, 0.2) is 0 Å². The fraction of sp³-hybridized carbons (Fsp3) is 0.852. The molecule has 0 spiro atoms. The topological polar surface area (TPSA) is 155 Å². The summed E-state index contributed by atoms with van der Waals surface area (Å²) in [7, 11) is 0. The third-order valence-corrected chi connectivity index (χ3v) is 7.58. The molecule has 1 heterocycles. The Bertz CT molecular complexity index is 843. The number of hydrogen-bond acceptors (Lipinski definition) is 5. The summed E-state index contributed by atoms with van der Waals surface area (Å²) in [6.07, 6.45) is 2.87. The third-order valence-electron chi connectivity index (χ3n) is 7.58. The average Bonchev–Trinajstić information content (AvgIpc) is 3.16. The van der Waals surface area contributed by atoms with Crippen LogP contribution in [-0.4, -0.2) is 70.1 Å². The highest BCUT2D eigenvalue weighted by atomic mass is 16.3. The Balaban J connectivity index is 2.31. The van der Waals surface area contributed by atoms with Crippen LogP contribution in [0, 0.1) is 23.2 Å². The Kier molecular flexibility index (Phi) is 10.2. The molecule has 37 heavy (non-hydrogen) atoms. The number of carbonyl (C=O) groups excluding carboxylic acids is 4. The molecule has 1 saturated heterocycles. The van der Waals surface area contributed by atoms with Crippen LogP contribution in [0.3, 0.4) is 0 Å². The fourth-order valence-electron chi connectivity index (χ4n) is 5.27. The number of urea groups is 1. The highest BCUT2D eigenvalue weighted by molar-refractivity contribution is 5.93. The van der Waals surface area contributed by atoms with E-state index in [0.29, 0.717) is 25.3 Å². The average molecular weight is 525 g/mol. The van der Waals surface area contributed by atoms with E-state index in [0.717, 1.165) is 19.3 Å².